The zero-order valence-corrected chi connectivity index (χ0v) is 16.0. The number of aliphatic carboxylic acids is 1. The summed E-state index contributed by atoms with van der Waals surface area (Å²) in [4.78, 5) is 41.1. The third-order valence-corrected chi connectivity index (χ3v) is 4.61. The Balaban J connectivity index is 1.79. The number of benzene rings is 2. The van der Waals surface area contributed by atoms with Crippen LogP contribution >= 0.6 is 0 Å². The Kier molecular flexibility index (Phi) is 5.63. The molecule has 0 aromatic heterocycles. The molecule has 2 aromatic carbocycles. The van der Waals surface area contributed by atoms with E-state index in [1.54, 1.807) is 55.6 Å². The van der Waals surface area contributed by atoms with Crippen molar-refractivity contribution in [2.45, 2.75) is 25.4 Å². The fraction of sp³-hybridized carbons (Fsp3) is 0.238. The second kappa shape index (κ2) is 8.14. The van der Waals surface area contributed by atoms with Gasteiger partial charge in [-0.25, -0.2) is 0 Å². The van der Waals surface area contributed by atoms with Crippen LogP contribution in [0.25, 0.3) is 0 Å². The number of carbonyl (C=O) groups is 3. The van der Waals surface area contributed by atoms with E-state index in [0.29, 0.717) is 28.3 Å². The number of carboxylic acids is 1. The topological polar surface area (TPSA) is 114 Å². The van der Waals surface area contributed by atoms with Crippen molar-refractivity contribution in [3.63, 3.8) is 0 Å². The number of anilines is 1. The van der Waals surface area contributed by atoms with Crippen LogP contribution in [0.1, 0.15) is 35.7 Å². The SMILES string of the molecule is COc1ccc(C2=NO[C@@](CC(=O)O)(C(=O)Nc3ccc(C(C)=O)cc3)C2)cc1. The standard InChI is InChI=1S/C21H20N2O6/c1-13(24)14-3-7-16(8-4-14)22-20(27)21(12-19(25)26)11-18(23-29-21)15-5-9-17(28-2)10-6-15/h3-10H,11-12H2,1-2H3,(H,22,27)(H,25,26)/t21-/m0/s1. The first-order valence-corrected chi connectivity index (χ1v) is 8.87. The highest BCUT2D eigenvalue weighted by atomic mass is 16.7. The molecule has 8 heteroatoms. The van der Waals surface area contributed by atoms with Gasteiger partial charge in [-0.15, -0.1) is 0 Å². The number of methoxy groups -OCH3 is 1. The molecule has 1 aliphatic heterocycles. The summed E-state index contributed by atoms with van der Waals surface area (Å²) in [6.45, 7) is 1.44. The number of ketones is 1. The Labute approximate surface area is 167 Å². The van der Waals surface area contributed by atoms with Crippen LogP contribution in [-0.2, 0) is 14.4 Å². The van der Waals surface area contributed by atoms with Gasteiger partial charge < -0.3 is 20.0 Å². The highest BCUT2D eigenvalue weighted by Crippen LogP contribution is 2.32. The number of ether oxygens (including phenoxy) is 1. The summed E-state index contributed by atoms with van der Waals surface area (Å²) in [7, 11) is 1.55. The summed E-state index contributed by atoms with van der Waals surface area (Å²) >= 11 is 0. The van der Waals surface area contributed by atoms with Crippen molar-refractivity contribution in [3.05, 3.63) is 59.7 Å². The number of nitrogens with zero attached hydrogens (tertiary/aromatic N) is 1. The quantitative estimate of drug-likeness (QED) is 0.696. The van der Waals surface area contributed by atoms with Crippen LogP contribution in [0, 0.1) is 0 Å². The number of nitrogens with one attached hydrogen (secondary N) is 1. The number of rotatable bonds is 7. The number of amides is 1. The number of carbonyl (C=O) groups excluding carboxylic acids is 2. The maximum Gasteiger partial charge on any atom is 0.308 e. The molecule has 0 fully saturated rings. The summed E-state index contributed by atoms with van der Waals surface area (Å²) in [6, 6.07) is 13.3. The molecule has 0 spiro atoms. The first-order valence-electron chi connectivity index (χ1n) is 8.87. The van der Waals surface area contributed by atoms with Gasteiger partial charge in [-0.2, -0.15) is 0 Å². The Morgan fingerprint density at radius 2 is 1.79 bits per heavy atom. The summed E-state index contributed by atoms with van der Waals surface area (Å²) in [5, 5.41) is 15.9. The molecule has 2 aromatic rings. The molecule has 0 bridgehead atoms. The first kappa shape index (κ1) is 20.1. The van der Waals surface area contributed by atoms with Crippen molar-refractivity contribution in [1.29, 1.82) is 0 Å². The predicted octanol–water partition coefficient (Wildman–Crippen LogP) is 2.87. The molecule has 1 heterocycles. The first-order chi connectivity index (χ1) is 13.8. The van der Waals surface area contributed by atoms with Crippen molar-refractivity contribution in [3.8, 4) is 5.75 Å². The molecule has 1 amide bonds. The lowest BCUT2D eigenvalue weighted by atomic mass is 9.90. The minimum absolute atomic E-state index is 0.00297. The summed E-state index contributed by atoms with van der Waals surface area (Å²) in [5.74, 6) is -1.24. The zero-order chi connectivity index (χ0) is 21.0. The normalized spacial score (nSPS) is 17.8. The number of oxime groups is 1. The number of hydrogen-bond acceptors (Lipinski definition) is 6. The highest BCUT2D eigenvalue weighted by Gasteiger charge is 2.48. The average Bonchev–Trinajstić information content (AvgIpc) is 3.13. The van der Waals surface area contributed by atoms with E-state index >= 15 is 0 Å². The average molecular weight is 396 g/mol. The van der Waals surface area contributed by atoms with E-state index < -0.39 is 23.9 Å². The summed E-state index contributed by atoms with van der Waals surface area (Å²) < 4.78 is 5.12. The third-order valence-electron chi connectivity index (χ3n) is 4.61. The van der Waals surface area contributed by atoms with Crippen LogP contribution in [0.3, 0.4) is 0 Å². The van der Waals surface area contributed by atoms with Gasteiger partial charge in [0.25, 0.3) is 5.91 Å². The molecule has 1 atom stereocenters. The predicted molar refractivity (Wildman–Crippen MR) is 105 cm³/mol. The van der Waals surface area contributed by atoms with E-state index in [4.69, 9.17) is 9.57 Å². The van der Waals surface area contributed by atoms with Crippen LogP contribution in [0.15, 0.2) is 53.7 Å². The molecule has 29 heavy (non-hydrogen) atoms. The minimum Gasteiger partial charge on any atom is -0.497 e. The summed E-state index contributed by atoms with van der Waals surface area (Å²) in [6.07, 6.45) is -0.545. The second-order valence-corrected chi connectivity index (χ2v) is 6.69. The largest absolute Gasteiger partial charge is 0.497 e. The molecular weight excluding hydrogens is 376 g/mol. The lowest BCUT2D eigenvalue weighted by molar-refractivity contribution is -0.152. The monoisotopic (exact) mass is 396 g/mol. The van der Waals surface area contributed by atoms with Gasteiger partial charge in [-0.1, -0.05) is 5.16 Å². The van der Waals surface area contributed by atoms with Crippen molar-refractivity contribution in [1.82, 2.24) is 0 Å². The molecule has 0 radical (unpaired) electrons. The van der Waals surface area contributed by atoms with Crippen LogP contribution in [-0.4, -0.2) is 41.2 Å². The Bertz CT molecular complexity index is 966. The van der Waals surface area contributed by atoms with Crippen molar-refractivity contribution in [2.24, 2.45) is 5.16 Å². The number of Topliss-reactive ketones (excluding diaryl/α,β-unsaturated/α-hetero) is 1. The molecule has 150 valence electrons. The van der Waals surface area contributed by atoms with Gasteiger partial charge >= 0.3 is 5.97 Å². The highest BCUT2D eigenvalue weighted by molar-refractivity contribution is 6.09. The van der Waals surface area contributed by atoms with Crippen LogP contribution in [0.4, 0.5) is 5.69 Å². The van der Waals surface area contributed by atoms with Gasteiger partial charge in [-0.05, 0) is 61.0 Å². The Morgan fingerprint density at radius 1 is 1.14 bits per heavy atom. The van der Waals surface area contributed by atoms with E-state index in [1.165, 1.54) is 6.92 Å². The van der Waals surface area contributed by atoms with Crippen LogP contribution in [0.2, 0.25) is 0 Å². The van der Waals surface area contributed by atoms with Crippen LogP contribution in [0.5, 0.6) is 5.75 Å². The minimum atomic E-state index is -1.67. The fourth-order valence-corrected chi connectivity index (χ4v) is 2.99. The van der Waals surface area contributed by atoms with Crippen molar-refractivity contribution in [2.75, 3.05) is 12.4 Å². The maximum atomic E-state index is 12.9. The molecule has 0 saturated carbocycles. The zero-order valence-electron chi connectivity index (χ0n) is 16.0. The Morgan fingerprint density at radius 3 is 2.34 bits per heavy atom. The third kappa shape index (κ3) is 4.43. The van der Waals surface area contributed by atoms with Gasteiger partial charge in [0.05, 0.1) is 19.2 Å². The van der Waals surface area contributed by atoms with E-state index in [1.807, 2.05) is 0 Å². The van der Waals surface area contributed by atoms with E-state index in [9.17, 15) is 19.5 Å². The Hall–Kier alpha value is -3.68. The van der Waals surface area contributed by atoms with Crippen molar-refractivity contribution < 1.29 is 29.1 Å². The molecule has 8 nitrogen and oxygen atoms in total. The van der Waals surface area contributed by atoms with Gasteiger partial charge in [0.15, 0.2) is 5.78 Å². The molecule has 0 aliphatic carbocycles. The van der Waals surface area contributed by atoms with E-state index in [-0.39, 0.29) is 12.2 Å². The maximum absolute atomic E-state index is 12.9. The van der Waals surface area contributed by atoms with Crippen molar-refractivity contribution >= 4 is 29.1 Å². The van der Waals surface area contributed by atoms with Gasteiger partial charge in [0.2, 0.25) is 5.60 Å². The molecule has 0 unspecified atom stereocenters. The fourth-order valence-electron chi connectivity index (χ4n) is 2.99. The molecule has 3 rings (SSSR count). The lowest BCUT2D eigenvalue weighted by Gasteiger charge is -2.23. The lowest BCUT2D eigenvalue weighted by Crippen LogP contribution is -2.45. The molecule has 2 N–H and O–H groups in total. The molecule has 0 saturated heterocycles. The van der Waals surface area contributed by atoms with Gasteiger partial charge in [-0.3, -0.25) is 14.4 Å². The number of hydrogen-bond donors (Lipinski definition) is 2. The smallest absolute Gasteiger partial charge is 0.308 e. The second-order valence-electron chi connectivity index (χ2n) is 6.69. The van der Waals surface area contributed by atoms with E-state index in [0.717, 1.165) is 0 Å². The molecular formula is C21H20N2O6. The van der Waals surface area contributed by atoms with Gasteiger partial charge in [0.1, 0.15) is 5.75 Å². The van der Waals surface area contributed by atoms with Crippen LogP contribution < -0.4 is 10.1 Å². The van der Waals surface area contributed by atoms with Gasteiger partial charge in [0, 0.05) is 17.7 Å². The number of carboxylic acid groups (broad SMARTS) is 1. The molecule has 1 aliphatic rings. The summed E-state index contributed by atoms with van der Waals surface area (Å²) in [5.41, 5.74) is 0.435. The van der Waals surface area contributed by atoms with E-state index in [2.05, 4.69) is 10.5 Å².